The minimum Gasteiger partial charge on any atom is -0.395 e. The number of ether oxygens (including phenoxy) is 2. The number of fused-ring (bicyclic) bond motifs is 1. The monoisotopic (exact) mass is 355 g/mol. The van der Waals surface area contributed by atoms with Gasteiger partial charge in [0.15, 0.2) is 11.5 Å². The summed E-state index contributed by atoms with van der Waals surface area (Å²) in [4.78, 5) is 27.5. The predicted molar refractivity (Wildman–Crippen MR) is 84.7 cm³/mol. The zero-order valence-electron chi connectivity index (χ0n) is 13.8. The summed E-state index contributed by atoms with van der Waals surface area (Å²) < 4.78 is 34.7. The highest BCUT2D eigenvalue weighted by molar-refractivity contribution is 5.90. The molecule has 1 fully saturated rings. The number of hydrogen-bond donors (Lipinski definition) is 1. The van der Waals surface area contributed by atoms with Crippen molar-refractivity contribution >= 4 is 17.6 Å². The highest BCUT2D eigenvalue weighted by Crippen LogP contribution is 2.42. The number of benzene rings is 1. The molecule has 0 radical (unpaired) electrons. The summed E-state index contributed by atoms with van der Waals surface area (Å²) in [6, 6.07) is 3.72. The van der Waals surface area contributed by atoms with E-state index in [-0.39, 0.29) is 23.4 Å². The number of rotatable bonds is 2. The molecule has 0 spiro atoms. The molecule has 0 unspecified atom stereocenters. The van der Waals surface area contributed by atoms with Crippen molar-refractivity contribution in [2.75, 3.05) is 31.5 Å². The maximum Gasteiger partial charge on any atom is 0.586 e. The van der Waals surface area contributed by atoms with E-state index in [1.165, 1.54) is 18.2 Å². The van der Waals surface area contributed by atoms with Crippen molar-refractivity contribution in [3.63, 3.8) is 0 Å². The number of urea groups is 1. The van der Waals surface area contributed by atoms with E-state index in [1.807, 2.05) is 0 Å². The van der Waals surface area contributed by atoms with Crippen LogP contribution in [0.4, 0.5) is 19.3 Å². The number of alkyl halides is 2. The molecule has 0 saturated carbocycles. The van der Waals surface area contributed by atoms with Crippen molar-refractivity contribution in [2.45, 2.75) is 26.1 Å². The van der Waals surface area contributed by atoms with Gasteiger partial charge in [0.1, 0.15) is 0 Å². The molecule has 7 nitrogen and oxygen atoms in total. The van der Waals surface area contributed by atoms with Gasteiger partial charge in [-0.05, 0) is 18.6 Å². The van der Waals surface area contributed by atoms with Crippen LogP contribution in [0.15, 0.2) is 18.2 Å². The molecule has 2 heterocycles. The van der Waals surface area contributed by atoms with Gasteiger partial charge in [0.25, 0.3) is 0 Å². The Hall–Kier alpha value is -2.58. The molecule has 25 heavy (non-hydrogen) atoms. The van der Waals surface area contributed by atoms with Crippen molar-refractivity contribution < 1.29 is 27.8 Å². The number of amides is 3. The van der Waals surface area contributed by atoms with Crippen molar-refractivity contribution in [1.29, 1.82) is 0 Å². The summed E-state index contributed by atoms with van der Waals surface area (Å²) >= 11 is 0. The standard InChI is InChI=1S/C16H19F2N3O4/c1-2-14(22)20-6-3-7-21(9-8-20)15(23)19-11-4-5-12-13(10-11)25-16(17,18)24-12/h4-5,10H,2-3,6-9H2,1H3,(H,19,23). The van der Waals surface area contributed by atoms with Gasteiger partial charge in [0, 0.05) is 44.4 Å². The largest absolute Gasteiger partial charge is 0.586 e. The minimum atomic E-state index is -3.69. The summed E-state index contributed by atoms with van der Waals surface area (Å²) in [7, 11) is 0. The Morgan fingerprint density at radius 3 is 2.56 bits per heavy atom. The van der Waals surface area contributed by atoms with Crippen LogP contribution in [-0.4, -0.2) is 54.2 Å². The molecule has 2 aliphatic heterocycles. The van der Waals surface area contributed by atoms with Crippen molar-refractivity contribution in [1.82, 2.24) is 9.80 Å². The fourth-order valence-electron chi connectivity index (χ4n) is 2.82. The SMILES string of the molecule is CCC(=O)N1CCCN(C(=O)Nc2ccc3c(c2)OC(F)(F)O3)CC1. The minimum absolute atomic E-state index is 0.0685. The molecule has 3 amide bonds. The van der Waals surface area contributed by atoms with E-state index in [0.29, 0.717) is 44.7 Å². The molecule has 1 saturated heterocycles. The zero-order valence-corrected chi connectivity index (χ0v) is 13.8. The van der Waals surface area contributed by atoms with Crippen LogP contribution in [0.3, 0.4) is 0 Å². The van der Waals surface area contributed by atoms with Crippen LogP contribution in [0.5, 0.6) is 11.5 Å². The number of hydrogen-bond acceptors (Lipinski definition) is 4. The van der Waals surface area contributed by atoms with Gasteiger partial charge in [-0.1, -0.05) is 6.92 Å². The smallest absolute Gasteiger partial charge is 0.395 e. The Bertz CT molecular complexity index is 683. The lowest BCUT2D eigenvalue weighted by atomic mass is 10.3. The van der Waals surface area contributed by atoms with E-state index >= 15 is 0 Å². The van der Waals surface area contributed by atoms with E-state index in [2.05, 4.69) is 14.8 Å². The molecule has 0 atom stereocenters. The van der Waals surface area contributed by atoms with Crippen molar-refractivity contribution in [3.05, 3.63) is 18.2 Å². The van der Waals surface area contributed by atoms with Crippen LogP contribution < -0.4 is 14.8 Å². The van der Waals surface area contributed by atoms with Crippen molar-refractivity contribution in [3.8, 4) is 11.5 Å². The number of nitrogens with zero attached hydrogens (tertiary/aromatic N) is 2. The van der Waals surface area contributed by atoms with E-state index < -0.39 is 6.29 Å². The Morgan fingerprint density at radius 1 is 1.12 bits per heavy atom. The first-order chi connectivity index (χ1) is 11.9. The van der Waals surface area contributed by atoms with Gasteiger partial charge in [0.2, 0.25) is 5.91 Å². The first-order valence-electron chi connectivity index (χ1n) is 8.11. The number of halogens is 2. The molecule has 1 aromatic carbocycles. The average molecular weight is 355 g/mol. The topological polar surface area (TPSA) is 71.1 Å². The van der Waals surface area contributed by atoms with Gasteiger partial charge in [-0.15, -0.1) is 8.78 Å². The van der Waals surface area contributed by atoms with E-state index in [1.54, 1.807) is 16.7 Å². The van der Waals surface area contributed by atoms with E-state index in [4.69, 9.17) is 0 Å². The second kappa shape index (κ2) is 6.73. The number of nitrogens with one attached hydrogen (secondary N) is 1. The third-order valence-electron chi connectivity index (χ3n) is 4.09. The molecule has 9 heteroatoms. The summed E-state index contributed by atoms with van der Waals surface area (Å²) in [6.07, 6.45) is -2.56. The van der Waals surface area contributed by atoms with Gasteiger partial charge < -0.3 is 24.6 Å². The number of carbonyl (C=O) groups is 2. The second-order valence-corrected chi connectivity index (χ2v) is 5.83. The Balaban J connectivity index is 1.61. The van der Waals surface area contributed by atoms with Gasteiger partial charge in [-0.25, -0.2) is 4.79 Å². The van der Waals surface area contributed by atoms with Gasteiger partial charge in [0.05, 0.1) is 0 Å². The molecule has 3 rings (SSSR count). The molecule has 1 aromatic rings. The zero-order chi connectivity index (χ0) is 18.0. The predicted octanol–water partition coefficient (Wildman–Crippen LogP) is 2.48. The maximum absolute atomic E-state index is 13.0. The van der Waals surface area contributed by atoms with Crippen LogP contribution in [0.2, 0.25) is 0 Å². The molecule has 1 N–H and O–H groups in total. The number of carbonyl (C=O) groups excluding carboxylic acids is 2. The molecule has 0 bridgehead atoms. The molecule has 136 valence electrons. The fourth-order valence-corrected chi connectivity index (χ4v) is 2.82. The Morgan fingerprint density at radius 2 is 1.80 bits per heavy atom. The second-order valence-electron chi connectivity index (χ2n) is 5.83. The molecule has 0 aromatic heterocycles. The van der Waals surface area contributed by atoms with Crippen LogP contribution in [0.25, 0.3) is 0 Å². The summed E-state index contributed by atoms with van der Waals surface area (Å²) in [5.74, 6) is -0.135. The van der Waals surface area contributed by atoms with Crippen LogP contribution >= 0.6 is 0 Å². The Labute approximate surface area is 143 Å². The highest BCUT2D eigenvalue weighted by Gasteiger charge is 2.43. The fraction of sp³-hybridized carbons (Fsp3) is 0.500. The molecular formula is C16H19F2N3O4. The van der Waals surface area contributed by atoms with Gasteiger partial charge >= 0.3 is 12.3 Å². The number of anilines is 1. The summed E-state index contributed by atoms with van der Waals surface area (Å²) in [6.45, 7) is 3.84. The quantitative estimate of drug-likeness (QED) is 0.885. The van der Waals surface area contributed by atoms with E-state index in [9.17, 15) is 18.4 Å². The molecular weight excluding hydrogens is 336 g/mol. The maximum atomic E-state index is 13.0. The van der Waals surface area contributed by atoms with Gasteiger partial charge in [-0.3, -0.25) is 4.79 Å². The lowest BCUT2D eigenvalue weighted by Gasteiger charge is -2.22. The first kappa shape index (κ1) is 17.2. The van der Waals surface area contributed by atoms with Gasteiger partial charge in [-0.2, -0.15) is 0 Å². The summed E-state index contributed by atoms with van der Waals surface area (Å²) in [5, 5.41) is 2.66. The summed E-state index contributed by atoms with van der Waals surface area (Å²) in [5.41, 5.74) is 0.329. The lowest BCUT2D eigenvalue weighted by Crippen LogP contribution is -2.39. The highest BCUT2D eigenvalue weighted by atomic mass is 19.3. The van der Waals surface area contributed by atoms with Crippen LogP contribution in [-0.2, 0) is 4.79 Å². The normalized spacial score (nSPS) is 18.7. The van der Waals surface area contributed by atoms with Crippen molar-refractivity contribution in [2.24, 2.45) is 0 Å². The van der Waals surface area contributed by atoms with E-state index in [0.717, 1.165) is 0 Å². The lowest BCUT2D eigenvalue weighted by molar-refractivity contribution is -0.286. The molecule has 0 aliphatic carbocycles. The van der Waals surface area contributed by atoms with Crippen LogP contribution in [0, 0.1) is 0 Å². The third-order valence-corrected chi connectivity index (χ3v) is 4.09. The average Bonchev–Trinajstić information content (AvgIpc) is 2.74. The van der Waals surface area contributed by atoms with Crippen LogP contribution in [0.1, 0.15) is 19.8 Å². The first-order valence-corrected chi connectivity index (χ1v) is 8.11. The molecule has 2 aliphatic rings. The Kier molecular flexibility index (Phi) is 4.65. The third kappa shape index (κ3) is 3.92.